The molecule has 0 radical (unpaired) electrons. The Morgan fingerprint density at radius 2 is 1.73 bits per heavy atom. The van der Waals surface area contributed by atoms with Gasteiger partial charge in [-0.3, -0.25) is 4.79 Å². The minimum absolute atomic E-state index is 0.424. The van der Waals surface area contributed by atoms with E-state index in [9.17, 15) is 9.90 Å². The lowest BCUT2D eigenvalue weighted by molar-refractivity contribution is -0.146. The first-order valence-electron chi connectivity index (χ1n) is 7.77. The summed E-state index contributed by atoms with van der Waals surface area (Å²) < 4.78 is 11.7. The Kier molecular flexibility index (Phi) is 3.98. The van der Waals surface area contributed by atoms with Gasteiger partial charge in [0.15, 0.2) is 0 Å². The number of rotatable bonds is 3. The molecule has 4 nitrogen and oxygen atoms in total. The van der Waals surface area contributed by atoms with E-state index in [1.807, 2.05) is 0 Å². The lowest BCUT2D eigenvalue weighted by Crippen LogP contribution is -2.28. The Bertz CT molecular complexity index is 585. The van der Waals surface area contributed by atoms with Crippen molar-refractivity contribution in [2.24, 2.45) is 5.41 Å². The molecule has 2 aliphatic heterocycles. The topological polar surface area (TPSA) is 55.8 Å². The van der Waals surface area contributed by atoms with Crippen molar-refractivity contribution in [1.29, 1.82) is 0 Å². The average Bonchev–Trinajstić information content (AvgIpc) is 2.51. The zero-order valence-corrected chi connectivity index (χ0v) is 13.8. The number of ether oxygens (including phenoxy) is 2. The van der Waals surface area contributed by atoms with Gasteiger partial charge in [-0.25, -0.2) is 0 Å². The number of carboxylic acid groups (broad SMARTS) is 1. The molecule has 0 amide bonds. The van der Waals surface area contributed by atoms with Gasteiger partial charge in [-0.15, -0.1) is 0 Å². The maximum absolute atomic E-state index is 11.5. The highest BCUT2D eigenvalue weighted by atomic mass is 35.5. The van der Waals surface area contributed by atoms with Crippen molar-refractivity contribution >= 4 is 17.6 Å². The third kappa shape index (κ3) is 2.54. The van der Waals surface area contributed by atoms with E-state index < -0.39 is 11.4 Å². The Balaban J connectivity index is 2.17. The van der Waals surface area contributed by atoms with Gasteiger partial charge in [0.2, 0.25) is 0 Å². The molecule has 0 atom stereocenters. The monoisotopic (exact) mass is 324 g/mol. The van der Waals surface area contributed by atoms with E-state index in [2.05, 4.69) is 0 Å². The van der Waals surface area contributed by atoms with Crippen LogP contribution < -0.4 is 9.47 Å². The molecule has 1 N–H and O–H groups in total. The maximum atomic E-state index is 11.5. The second-order valence-corrected chi connectivity index (χ2v) is 7.06. The highest BCUT2D eigenvalue weighted by Crippen LogP contribution is 2.47. The second kappa shape index (κ2) is 5.65. The number of halogens is 1. The van der Waals surface area contributed by atoms with Crippen molar-refractivity contribution < 1.29 is 19.4 Å². The van der Waals surface area contributed by atoms with E-state index in [1.54, 1.807) is 13.8 Å². The van der Waals surface area contributed by atoms with Gasteiger partial charge in [-0.05, 0) is 46.0 Å². The van der Waals surface area contributed by atoms with Crippen LogP contribution in [0.25, 0.3) is 0 Å². The van der Waals surface area contributed by atoms with Crippen molar-refractivity contribution in [1.82, 2.24) is 0 Å². The largest absolute Gasteiger partial charge is 0.493 e. The highest BCUT2D eigenvalue weighted by Gasteiger charge is 2.34. The molecule has 0 aromatic heterocycles. The van der Waals surface area contributed by atoms with Gasteiger partial charge in [-0.1, -0.05) is 11.6 Å². The number of carboxylic acids is 1. The van der Waals surface area contributed by atoms with Gasteiger partial charge < -0.3 is 14.6 Å². The van der Waals surface area contributed by atoms with Crippen LogP contribution in [0.5, 0.6) is 11.5 Å². The third-order valence-corrected chi connectivity index (χ3v) is 4.88. The SMILES string of the molecule is CC(C)(Cc1c2c(c(Cl)c3c1OCCC3)OCCC2)C(=O)O. The number of hydrogen-bond acceptors (Lipinski definition) is 3. The van der Waals surface area contributed by atoms with Crippen LogP contribution in [0.2, 0.25) is 5.02 Å². The molecule has 0 fully saturated rings. The lowest BCUT2D eigenvalue weighted by Gasteiger charge is -2.31. The van der Waals surface area contributed by atoms with Gasteiger partial charge >= 0.3 is 5.97 Å². The number of benzene rings is 1. The number of hydrogen-bond donors (Lipinski definition) is 1. The predicted molar refractivity (Wildman–Crippen MR) is 84.2 cm³/mol. The summed E-state index contributed by atoms with van der Waals surface area (Å²) in [6, 6.07) is 0. The van der Waals surface area contributed by atoms with E-state index in [0.29, 0.717) is 24.7 Å². The van der Waals surface area contributed by atoms with Crippen molar-refractivity contribution in [3.05, 3.63) is 21.7 Å². The number of carbonyl (C=O) groups is 1. The van der Waals surface area contributed by atoms with E-state index >= 15 is 0 Å². The fourth-order valence-electron chi connectivity index (χ4n) is 3.19. The molecule has 0 aliphatic carbocycles. The number of aliphatic carboxylic acids is 1. The summed E-state index contributed by atoms with van der Waals surface area (Å²) in [5.41, 5.74) is 2.13. The smallest absolute Gasteiger partial charge is 0.309 e. The molecule has 22 heavy (non-hydrogen) atoms. The molecule has 5 heteroatoms. The zero-order chi connectivity index (χ0) is 15.9. The lowest BCUT2D eigenvalue weighted by atomic mass is 9.81. The van der Waals surface area contributed by atoms with Crippen molar-refractivity contribution in [3.8, 4) is 11.5 Å². The highest BCUT2D eigenvalue weighted by molar-refractivity contribution is 6.33. The third-order valence-electron chi connectivity index (χ3n) is 4.48. The van der Waals surface area contributed by atoms with Gasteiger partial charge in [0.25, 0.3) is 0 Å². The summed E-state index contributed by atoms with van der Waals surface area (Å²) in [4.78, 5) is 11.5. The fraction of sp³-hybridized carbons (Fsp3) is 0.588. The van der Waals surface area contributed by atoms with E-state index in [4.69, 9.17) is 21.1 Å². The van der Waals surface area contributed by atoms with Crippen LogP contribution in [0.4, 0.5) is 0 Å². The van der Waals surface area contributed by atoms with Crippen molar-refractivity contribution in [3.63, 3.8) is 0 Å². The summed E-state index contributed by atoms with van der Waals surface area (Å²) in [7, 11) is 0. The summed E-state index contributed by atoms with van der Waals surface area (Å²) in [5.74, 6) is 0.737. The Labute approximate surface area is 135 Å². The molecule has 0 spiro atoms. The minimum Gasteiger partial charge on any atom is -0.493 e. The predicted octanol–water partition coefficient (Wildman–Crippen LogP) is 3.64. The standard InChI is InChI=1S/C17H21ClO4/c1-17(2,16(19)20)9-12-10-5-3-8-22-15(10)13(18)11-6-4-7-21-14(11)12/h3-9H2,1-2H3,(H,19,20). The van der Waals surface area contributed by atoms with Crippen LogP contribution in [0, 0.1) is 5.41 Å². The van der Waals surface area contributed by atoms with E-state index in [0.717, 1.165) is 53.9 Å². The van der Waals surface area contributed by atoms with Crippen LogP contribution in [0.15, 0.2) is 0 Å². The fourth-order valence-corrected chi connectivity index (χ4v) is 3.54. The Morgan fingerprint density at radius 3 is 2.36 bits per heavy atom. The molecule has 2 heterocycles. The van der Waals surface area contributed by atoms with Crippen LogP contribution in [0.3, 0.4) is 0 Å². The first-order valence-corrected chi connectivity index (χ1v) is 8.14. The molecule has 0 bridgehead atoms. The minimum atomic E-state index is -0.854. The summed E-state index contributed by atoms with van der Waals surface area (Å²) in [5, 5.41) is 10.1. The van der Waals surface area contributed by atoms with Gasteiger partial charge in [0.1, 0.15) is 11.5 Å². The van der Waals surface area contributed by atoms with E-state index in [-0.39, 0.29) is 0 Å². The quantitative estimate of drug-likeness (QED) is 0.922. The van der Waals surface area contributed by atoms with Crippen molar-refractivity contribution in [2.45, 2.75) is 46.0 Å². The number of fused-ring (bicyclic) bond motifs is 2. The van der Waals surface area contributed by atoms with Crippen LogP contribution in [0.1, 0.15) is 43.4 Å². The molecule has 0 unspecified atom stereocenters. The molecule has 0 saturated heterocycles. The van der Waals surface area contributed by atoms with Gasteiger partial charge in [0, 0.05) is 16.7 Å². The molecule has 2 aliphatic rings. The van der Waals surface area contributed by atoms with Gasteiger partial charge in [-0.2, -0.15) is 0 Å². The molecule has 0 saturated carbocycles. The maximum Gasteiger partial charge on any atom is 0.309 e. The Hall–Kier alpha value is -1.42. The zero-order valence-electron chi connectivity index (χ0n) is 13.0. The molecular formula is C17H21ClO4. The van der Waals surface area contributed by atoms with Crippen LogP contribution >= 0.6 is 11.6 Å². The first-order chi connectivity index (χ1) is 10.4. The van der Waals surface area contributed by atoms with Gasteiger partial charge in [0.05, 0.1) is 23.7 Å². The Morgan fingerprint density at radius 1 is 1.14 bits per heavy atom. The molecule has 1 aromatic rings. The normalized spacial score (nSPS) is 17.0. The molecule has 3 rings (SSSR count). The first kappa shape index (κ1) is 15.5. The molecule has 120 valence electrons. The van der Waals surface area contributed by atoms with Crippen LogP contribution in [-0.4, -0.2) is 24.3 Å². The summed E-state index contributed by atoms with van der Waals surface area (Å²) in [6.07, 6.45) is 3.98. The molecular weight excluding hydrogens is 304 g/mol. The van der Waals surface area contributed by atoms with Crippen LogP contribution in [-0.2, 0) is 24.1 Å². The summed E-state index contributed by atoms with van der Waals surface area (Å²) in [6.45, 7) is 4.81. The molecule has 1 aromatic carbocycles. The average molecular weight is 325 g/mol. The van der Waals surface area contributed by atoms with Crippen molar-refractivity contribution in [2.75, 3.05) is 13.2 Å². The van der Waals surface area contributed by atoms with E-state index in [1.165, 1.54) is 0 Å². The second-order valence-electron chi connectivity index (χ2n) is 6.68. The summed E-state index contributed by atoms with van der Waals surface area (Å²) >= 11 is 6.53.